The van der Waals surface area contributed by atoms with Crippen molar-refractivity contribution in [1.29, 1.82) is 0 Å². The molecule has 0 aliphatic heterocycles. The zero-order valence-electron chi connectivity index (χ0n) is 9.48. The molecule has 0 saturated carbocycles. The van der Waals surface area contributed by atoms with Gasteiger partial charge in [0, 0.05) is 12.2 Å². The Morgan fingerprint density at radius 3 is 2.56 bits per heavy atom. The van der Waals surface area contributed by atoms with Gasteiger partial charge >= 0.3 is 11.9 Å². The van der Waals surface area contributed by atoms with Gasteiger partial charge in [0.1, 0.15) is 5.02 Å². The van der Waals surface area contributed by atoms with Crippen LogP contribution in [0.15, 0.2) is 30.4 Å². The van der Waals surface area contributed by atoms with Gasteiger partial charge < -0.3 is 9.47 Å². The first-order valence-corrected chi connectivity index (χ1v) is 5.80. The molecule has 0 unspecified atom stereocenters. The summed E-state index contributed by atoms with van der Waals surface area (Å²) in [6.07, 6.45) is 1.93. The second-order valence-electron chi connectivity index (χ2n) is 3.06. The standard InChI is InChI=1S/C12H10Cl2O4/c1-2-17-10(15)6-7-11(16)18-9-5-3-4-8(13)12(9)14/h3-7H,2H2,1H3/b7-6+. The maximum Gasteiger partial charge on any atom is 0.336 e. The van der Waals surface area contributed by atoms with Crippen LogP contribution in [0, 0.1) is 0 Å². The fourth-order valence-corrected chi connectivity index (χ4v) is 1.36. The highest BCUT2D eigenvalue weighted by Crippen LogP contribution is 2.31. The van der Waals surface area contributed by atoms with Gasteiger partial charge in [-0.05, 0) is 19.1 Å². The molecule has 0 aromatic heterocycles. The van der Waals surface area contributed by atoms with Crippen molar-refractivity contribution in [2.45, 2.75) is 6.92 Å². The zero-order chi connectivity index (χ0) is 13.5. The summed E-state index contributed by atoms with van der Waals surface area (Å²) in [7, 11) is 0. The summed E-state index contributed by atoms with van der Waals surface area (Å²) in [5.74, 6) is -1.23. The number of carbonyl (C=O) groups excluding carboxylic acids is 2. The van der Waals surface area contributed by atoms with E-state index in [1.165, 1.54) is 6.07 Å². The fourth-order valence-electron chi connectivity index (χ4n) is 1.03. The molecule has 96 valence electrons. The van der Waals surface area contributed by atoms with Gasteiger partial charge in [-0.15, -0.1) is 0 Å². The summed E-state index contributed by atoms with van der Waals surface area (Å²) < 4.78 is 9.51. The molecule has 0 aliphatic rings. The molecule has 0 spiro atoms. The molecule has 6 heteroatoms. The molecule has 0 atom stereocenters. The summed E-state index contributed by atoms with van der Waals surface area (Å²) in [6, 6.07) is 4.64. The quantitative estimate of drug-likeness (QED) is 0.485. The first-order valence-electron chi connectivity index (χ1n) is 5.05. The Bertz CT molecular complexity index is 483. The molecule has 0 bridgehead atoms. The van der Waals surface area contributed by atoms with Crippen molar-refractivity contribution in [3.8, 4) is 5.75 Å². The molecule has 1 aromatic rings. The smallest absolute Gasteiger partial charge is 0.336 e. The minimum atomic E-state index is -0.743. The number of rotatable bonds is 4. The van der Waals surface area contributed by atoms with Crippen LogP contribution in [0.2, 0.25) is 10.0 Å². The first-order chi connectivity index (χ1) is 8.54. The second-order valence-corrected chi connectivity index (χ2v) is 3.84. The highest BCUT2D eigenvalue weighted by molar-refractivity contribution is 6.43. The van der Waals surface area contributed by atoms with Gasteiger partial charge in [0.15, 0.2) is 5.75 Å². The van der Waals surface area contributed by atoms with Crippen LogP contribution in [0.25, 0.3) is 0 Å². The van der Waals surface area contributed by atoms with Crippen molar-refractivity contribution in [2.24, 2.45) is 0 Å². The Morgan fingerprint density at radius 2 is 1.89 bits per heavy atom. The number of esters is 2. The summed E-state index contributed by atoms with van der Waals surface area (Å²) in [4.78, 5) is 22.3. The van der Waals surface area contributed by atoms with Gasteiger partial charge in [-0.25, -0.2) is 9.59 Å². The van der Waals surface area contributed by atoms with Crippen LogP contribution in [0.5, 0.6) is 5.75 Å². The largest absolute Gasteiger partial charge is 0.463 e. The number of hydrogen-bond donors (Lipinski definition) is 0. The van der Waals surface area contributed by atoms with Gasteiger partial charge in [0.2, 0.25) is 0 Å². The maximum atomic E-state index is 11.4. The highest BCUT2D eigenvalue weighted by atomic mass is 35.5. The van der Waals surface area contributed by atoms with Gasteiger partial charge in [-0.2, -0.15) is 0 Å². The van der Waals surface area contributed by atoms with Crippen molar-refractivity contribution in [3.05, 3.63) is 40.4 Å². The normalized spacial score (nSPS) is 10.4. The molecule has 0 N–H and O–H groups in total. The lowest BCUT2D eigenvalue weighted by Gasteiger charge is -2.04. The summed E-state index contributed by atoms with van der Waals surface area (Å²) in [5.41, 5.74) is 0. The van der Waals surface area contributed by atoms with E-state index in [0.717, 1.165) is 12.2 Å². The first kappa shape index (κ1) is 14.5. The maximum absolute atomic E-state index is 11.4. The summed E-state index contributed by atoms with van der Waals surface area (Å²) in [5, 5.41) is 0.411. The lowest BCUT2D eigenvalue weighted by molar-refractivity contribution is -0.138. The molecule has 0 fully saturated rings. The molecule has 1 aromatic carbocycles. The monoisotopic (exact) mass is 288 g/mol. The van der Waals surface area contributed by atoms with Crippen LogP contribution in [0.1, 0.15) is 6.92 Å². The zero-order valence-corrected chi connectivity index (χ0v) is 11.0. The fraction of sp³-hybridized carbons (Fsp3) is 0.167. The molecular formula is C12H10Cl2O4. The lowest BCUT2D eigenvalue weighted by atomic mass is 10.3. The molecule has 0 radical (unpaired) electrons. The van der Waals surface area contributed by atoms with Crippen LogP contribution < -0.4 is 4.74 Å². The van der Waals surface area contributed by atoms with E-state index in [-0.39, 0.29) is 22.4 Å². The SMILES string of the molecule is CCOC(=O)/C=C/C(=O)Oc1cccc(Cl)c1Cl. The Kier molecular flexibility index (Phi) is 5.68. The number of hydrogen-bond acceptors (Lipinski definition) is 4. The van der Waals surface area contributed by atoms with E-state index < -0.39 is 11.9 Å². The van der Waals surface area contributed by atoms with Crippen molar-refractivity contribution in [1.82, 2.24) is 0 Å². The number of ether oxygens (including phenoxy) is 2. The van der Waals surface area contributed by atoms with Gasteiger partial charge in [0.05, 0.1) is 11.6 Å². The third-order valence-electron chi connectivity index (χ3n) is 1.77. The van der Waals surface area contributed by atoms with E-state index in [1.807, 2.05) is 0 Å². The average molecular weight is 289 g/mol. The Labute approximate surface area is 114 Å². The van der Waals surface area contributed by atoms with Crippen LogP contribution >= 0.6 is 23.2 Å². The number of carbonyl (C=O) groups is 2. The minimum absolute atomic E-state index is 0.127. The minimum Gasteiger partial charge on any atom is -0.463 e. The van der Waals surface area contributed by atoms with E-state index in [1.54, 1.807) is 19.1 Å². The van der Waals surface area contributed by atoms with Gasteiger partial charge in [0.25, 0.3) is 0 Å². The van der Waals surface area contributed by atoms with Crippen LogP contribution in [0.3, 0.4) is 0 Å². The molecule has 4 nitrogen and oxygen atoms in total. The summed E-state index contributed by atoms with van der Waals surface area (Å²) >= 11 is 11.6. The van der Waals surface area contributed by atoms with Crippen molar-refractivity contribution >= 4 is 35.1 Å². The van der Waals surface area contributed by atoms with E-state index in [2.05, 4.69) is 4.74 Å². The van der Waals surface area contributed by atoms with E-state index in [0.29, 0.717) is 0 Å². The van der Waals surface area contributed by atoms with Crippen LogP contribution in [-0.2, 0) is 14.3 Å². The molecule has 0 heterocycles. The van der Waals surface area contributed by atoms with E-state index >= 15 is 0 Å². The summed E-state index contributed by atoms with van der Waals surface area (Å²) in [6.45, 7) is 1.90. The van der Waals surface area contributed by atoms with Crippen LogP contribution in [0.4, 0.5) is 0 Å². The number of benzene rings is 1. The van der Waals surface area contributed by atoms with Crippen molar-refractivity contribution in [3.63, 3.8) is 0 Å². The van der Waals surface area contributed by atoms with Gasteiger partial charge in [-0.3, -0.25) is 0 Å². The Balaban J connectivity index is 2.65. The predicted molar refractivity (Wildman–Crippen MR) is 67.9 cm³/mol. The molecule has 0 saturated heterocycles. The Morgan fingerprint density at radius 1 is 1.22 bits per heavy atom. The third kappa shape index (κ3) is 4.39. The topological polar surface area (TPSA) is 52.6 Å². The second kappa shape index (κ2) is 7.03. The lowest BCUT2D eigenvalue weighted by Crippen LogP contribution is -2.06. The molecule has 18 heavy (non-hydrogen) atoms. The van der Waals surface area contributed by atoms with Crippen molar-refractivity contribution < 1.29 is 19.1 Å². The molecule has 0 amide bonds. The molecular weight excluding hydrogens is 279 g/mol. The van der Waals surface area contributed by atoms with Gasteiger partial charge in [-0.1, -0.05) is 29.3 Å². The van der Waals surface area contributed by atoms with E-state index in [9.17, 15) is 9.59 Å². The molecule has 0 aliphatic carbocycles. The number of halogens is 2. The van der Waals surface area contributed by atoms with Crippen molar-refractivity contribution in [2.75, 3.05) is 6.61 Å². The highest BCUT2D eigenvalue weighted by Gasteiger charge is 2.08. The predicted octanol–water partition coefficient (Wildman–Crippen LogP) is 3.02. The van der Waals surface area contributed by atoms with Crippen LogP contribution in [-0.4, -0.2) is 18.5 Å². The molecule has 1 rings (SSSR count). The average Bonchev–Trinajstić information content (AvgIpc) is 2.33. The Hall–Kier alpha value is -1.52. The van der Waals surface area contributed by atoms with E-state index in [4.69, 9.17) is 27.9 Å². The third-order valence-corrected chi connectivity index (χ3v) is 2.57.